The average molecular weight is 512 g/mol. The van der Waals surface area contributed by atoms with Crippen LogP contribution in [0.5, 0.6) is 0 Å². The van der Waals surface area contributed by atoms with Crippen LogP contribution in [0, 0.1) is 11.7 Å². The first-order valence-electron chi connectivity index (χ1n) is 7.83. The second-order valence-corrected chi connectivity index (χ2v) is 11.2. The van der Waals surface area contributed by atoms with E-state index in [1.807, 2.05) is 0 Å². The molecule has 6 N–H and O–H groups in total. The number of ether oxygens (including phenoxy) is 1. The summed E-state index contributed by atoms with van der Waals surface area (Å²) in [5.41, 5.74) is -1.26. The topological polar surface area (TPSA) is 227 Å². The average Bonchev–Trinajstić information content (AvgIpc) is 2.75. The van der Waals surface area contributed by atoms with Gasteiger partial charge < -0.3 is 34.5 Å². The normalized spacial score (nSPS) is 31.3. The Morgan fingerprint density at radius 3 is 2.33 bits per heavy atom. The lowest BCUT2D eigenvalue weighted by Gasteiger charge is -2.28. The molecule has 6 atom stereocenters. The lowest BCUT2D eigenvalue weighted by Crippen LogP contribution is -2.44. The number of aliphatic hydroxyl groups is 2. The zero-order chi connectivity index (χ0) is 23.1. The molecule has 1 aromatic rings. The van der Waals surface area contributed by atoms with Gasteiger partial charge in [-0.1, -0.05) is 0 Å². The molecule has 1 aromatic heterocycles. The third kappa shape index (κ3) is 6.55. The summed E-state index contributed by atoms with van der Waals surface area (Å²) < 4.78 is 52.3. The zero-order valence-electron chi connectivity index (χ0n) is 15.3. The molecule has 6 unspecified atom stereocenters. The van der Waals surface area contributed by atoms with Crippen LogP contribution in [0.25, 0.3) is 0 Å². The van der Waals surface area contributed by atoms with Crippen molar-refractivity contribution in [3.05, 3.63) is 22.7 Å². The van der Waals surface area contributed by atoms with Crippen LogP contribution in [0.3, 0.4) is 0 Å². The van der Waals surface area contributed by atoms with Gasteiger partial charge in [-0.3, -0.25) is 9.09 Å². The van der Waals surface area contributed by atoms with Crippen LogP contribution < -0.4 is 0 Å². The molecule has 15 nitrogen and oxygen atoms in total. The fraction of sp³-hybridized carbons (Fsp3) is 0.636. The van der Waals surface area contributed by atoms with E-state index in [1.165, 1.54) is 17.7 Å². The maximum absolute atomic E-state index is 11.9. The van der Waals surface area contributed by atoms with Crippen LogP contribution in [0.15, 0.2) is 12.3 Å². The molecule has 0 aromatic carbocycles. The van der Waals surface area contributed by atoms with Crippen molar-refractivity contribution in [1.82, 2.24) is 9.55 Å². The van der Waals surface area contributed by atoms with E-state index >= 15 is 0 Å². The predicted octanol–water partition coefficient (Wildman–Crippen LogP) is 0.274. The van der Waals surface area contributed by atoms with Gasteiger partial charge in [-0.15, -0.1) is 0 Å². The maximum Gasteiger partial charge on any atom is 0.490 e. The number of phosphoric ester groups is 1. The van der Waals surface area contributed by atoms with Gasteiger partial charge in [0.15, 0.2) is 6.23 Å². The number of hydrogen-bond donors (Lipinski definition) is 6. The minimum absolute atomic E-state index is 0.0170. The van der Waals surface area contributed by atoms with E-state index in [-0.39, 0.29) is 4.77 Å². The van der Waals surface area contributed by atoms with Crippen molar-refractivity contribution in [2.75, 3.05) is 6.61 Å². The highest BCUT2D eigenvalue weighted by Crippen LogP contribution is 2.66. The zero-order valence-corrected chi connectivity index (χ0v) is 18.8. The molecule has 30 heavy (non-hydrogen) atoms. The molecule has 0 radical (unpaired) electrons. The van der Waals surface area contributed by atoms with Gasteiger partial charge in [-0.2, -0.15) is 8.62 Å². The van der Waals surface area contributed by atoms with Gasteiger partial charge in [0, 0.05) is 11.9 Å². The Balaban J connectivity index is 2.14. The summed E-state index contributed by atoms with van der Waals surface area (Å²) >= 11 is 5.08. The van der Waals surface area contributed by atoms with Gasteiger partial charge in [-0.25, -0.2) is 18.7 Å². The predicted molar refractivity (Wildman–Crippen MR) is 98.2 cm³/mol. The van der Waals surface area contributed by atoms with Crippen LogP contribution in [-0.2, 0) is 31.6 Å². The van der Waals surface area contributed by atoms with Gasteiger partial charge >= 0.3 is 23.5 Å². The molecule has 1 saturated heterocycles. The number of nitrogens with zero attached hydrogens (tertiary/aromatic N) is 2. The van der Waals surface area contributed by atoms with Gasteiger partial charge in [0.25, 0.3) is 0 Å². The van der Waals surface area contributed by atoms with Gasteiger partial charge in [0.1, 0.15) is 17.8 Å². The molecule has 0 bridgehead atoms. The maximum atomic E-state index is 11.9. The molecule has 0 amide bonds. The van der Waals surface area contributed by atoms with Gasteiger partial charge in [0.05, 0.1) is 6.61 Å². The van der Waals surface area contributed by atoms with Crippen LogP contribution in [-0.4, -0.2) is 63.8 Å². The van der Waals surface area contributed by atoms with Crippen molar-refractivity contribution in [3.63, 3.8) is 0 Å². The fourth-order valence-electron chi connectivity index (χ4n) is 2.48. The van der Waals surface area contributed by atoms with Crippen molar-refractivity contribution in [1.29, 1.82) is 0 Å². The molecule has 0 saturated carbocycles. The number of aromatic nitrogens is 2. The van der Waals surface area contributed by atoms with Crippen LogP contribution in [0.2, 0.25) is 0 Å². The van der Waals surface area contributed by atoms with E-state index < -0.39 is 54.1 Å². The van der Waals surface area contributed by atoms with Crippen LogP contribution in [0.4, 0.5) is 0 Å². The molecule has 1 fully saturated rings. The van der Waals surface area contributed by atoms with Crippen molar-refractivity contribution in [2.24, 2.45) is 0 Å². The summed E-state index contributed by atoms with van der Waals surface area (Å²) in [6, 6.07) is 1.56. The Bertz CT molecular complexity index is 997. The Hall–Kier alpha value is -0.410. The summed E-state index contributed by atoms with van der Waals surface area (Å²) in [6.45, 7) is 1.91. The number of phosphoric acid groups is 3. The highest BCUT2D eigenvalue weighted by molar-refractivity contribution is 7.71. The van der Waals surface area contributed by atoms with E-state index in [1.54, 1.807) is 13.0 Å². The second kappa shape index (κ2) is 8.85. The summed E-state index contributed by atoms with van der Waals surface area (Å²) in [5, 5.41) is 20.6. The van der Waals surface area contributed by atoms with E-state index in [4.69, 9.17) is 31.6 Å². The number of aryl methyl sites for hydroxylation is 1. The highest BCUT2D eigenvalue weighted by Gasteiger charge is 2.53. The third-order valence-electron chi connectivity index (χ3n) is 3.80. The standard InChI is InChI=1S/C11H19N2O13P3S/c1-6-3-4-13(10(30)12-6)9-7(14)8(15)11(2,24-9)5-23-28(19,20)26-29(21,22)25-27(16,17)18/h3-4,7-9,14-15H,5H2,1-2H3,(H,19,20)(H,21,22)(H2,16,17,18). The smallest absolute Gasteiger partial charge is 0.387 e. The first-order chi connectivity index (χ1) is 13.4. The Labute approximate surface area is 174 Å². The fourth-order valence-corrected chi connectivity index (χ4v) is 5.90. The van der Waals surface area contributed by atoms with Gasteiger partial charge in [0.2, 0.25) is 4.77 Å². The molecule has 1 aliphatic rings. The minimum Gasteiger partial charge on any atom is -0.387 e. The molecule has 19 heteroatoms. The molecular formula is C11H19N2O13P3S. The summed E-state index contributed by atoms with van der Waals surface area (Å²) in [7, 11) is -16.7. The van der Waals surface area contributed by atoms with Crippen molar-refractivity contribution in [3.8, 4) is 0 Å². The second-order valence-electron chi connectivity index (χ2n) is 6.38. The largest absolute Gasteiger partial charge is 0.490 e. The summed E-state index contributed by atoms with van der Waals surface area (Å²) in [4.78, 5) is 39.7. The summed E-state index contributed by atoms with van der Waals surface area (Å²) in [5.74, 6) is 0. The number of aliphatic hydroxyl groups excluding tert-OH is 2. The first kappa shape index (κ1) is 25.8. The highest BCUT2D eigenvalue weighted by atomic mass is 32.1. The van der Waals surface area contributed by atoms with Crippen molar-refractivity contribution >= 4 is 35.7 Å². The molecule has 172 valence electrons. The molecule has 2 rings (SSSR count). The van der Waals surface area contributed by atoms with E-state index in [0.29, 0.717) is 5.69 Å². The van der Waals surface area contributed by atoms with E-state index in [0.717, 1.165) is 0 Å². The van der Waals surface area contributed by atoms with Crippen LogP contribution >= 0.6 is 35.7 Å². The van der Waals surface area contributed by atoms with Crippen LogP contribution in [0.1, 0.15) is 18.8 Å². The summed E-state index contributed by atoms with van der Waals surface area (Å²) in [6.07, 6.45) is -3.07. The monoisotopic (exact) mass is 512 g/mol. The third-order valence-corrected chi connectivity index (χ3v) is 7.89. The first-order valence-corrected chi connectivity index (χ1v) is 12.8. The minimum atomic E-state index is -5.70. The number of hydrogen-bond acceptors (Lipinski definition) is 11. The molecule has 2 heterocycles. The van der Waals surface area contributed by atoms with E-state index in [9.17, 15) is 28.8 Å². The quantitative estimate of drug-likeness (QED) is 0.203. The Morgan fingerprint density at radius 2 is 1.80 bits per heavy atom. The van der Waals surface area contributed by atoms with Gasteiger partial charge in [-0.05, 0) is 32.1 Å². The molecule has 0 spiro atoms. The Morgan fingerprint density at radius 1 is 1.20 bits per heavy atom. The van der Waals surface area contributed by atoms with Crippen molar-refractivity contribution in [2.45, 2.75) is 37.9 Å². The lowest BCUT2D eigenvalue weighted by atomic mass is 9.99. The molecular weight excluding hydrogens is 493 g/mol. The number of rotatable bonds is 8. The SMILES string of the molecule is Cc1ccn(C2OC(C)(COP(=O)(O)OP(=O)(O)OP(=O)(O)O)C(O)C2O)c(=S)n1. The lowest BCUT2D eigenvalue weighted by molar-refractivity contribution is -0.115. The van der Waals surface area contributed by atoms with E-state index in [2.05, 4.69) is 18.1 Å². The van der Waals surface area contributed by atoms with Crippen molar-refractivity contribution < 1.29 is 61.4 Å². The Kier molecular flexibility index (Phi) is 7.62. The molecule has 0 aliphatic carbocycles. The molecule has 1 aliphatic heterocycles.